The highest BCUT2D eigenvalue weighted by Crippen LogP contribution is 2.16. The molecule has 12 heavy (non-hydrogen) atoms. The Morgan fingerprint density at radius 3 is 2.50 bits per heavy atom. The smallest absolute Gasteiger partial charge is 0.138 e. The molecule has 0 aliphatic rings. The van der Waals surface area contributed by atoms with Crippen LogP contribution in [0.5, 0.6) is 0 Å². The SMILES string of the molecule is Clc1cnc(-c2ccccc2)[nH]1. The van der Waals surface area contributed by atoms with Crippen molar-refractivity contribution >= 4 is 11.6 Å². The number of rotatable bonds is 1. The molecule has 0 bridgehead atoms. The van der Waals surface area contributed by atoms with Crippen molar-refractivity contribution < 1.29 is 0 Å². The van der Waals surface area contributed by atoms with Gasteiger partial charge in [-0.3, -0.25) is 0 Å². The van der Waals surface area contributed by atoms with Gasteiger partial charge in [-0.2, -0.15) is 0 Å². The van der Waals surface area contributed by atoms with Crippen LogP contribution in [0.15, 0.2) is 36.5 Å². The molecule has 2 nitrogen and oxygen atoms in total. The lowest BCUT2D eigenvalue weighted by molar-refractivity contribution is 1.31. The molecule has 0 unspecified atom stereocenters. The van der Waals surface area contributed by atoms with Gasteiger partial charge in [-0.05, 0) is 0 Å². The van der Waals surface area contributed by atoms with Crippen LogP contribution in [-0.2, 0) is 0 Å². The van der Waals surface area contributed by atoms with E-state index in [0.717, 1.165) is 11.4 Å². The molecule has 1 heterocycles. The van der Waals surface area contributed by atoms with Gasteiger partial charge in [0.1, 0.15) is 11.0 Å². The minimum absolute atomic E-state index is 0.564. The van der Waals surface area contributed by atoms with E-state index in [0.29, 0.717) is 5.15 Å². The van der Waals surface area contributed by atoms with Crippen LogP contribution < -0.4 is 0 Å². The van der Waals surface area contributed by atoms with Crippen molar-refractivity contribution in [3.63, 3.8) is 0 Å². The number of nitrogens with one attached hydrogen (secondary N) is 1. The summed E-state index contributed by atoms with van der Waals surface area (Å²) >= 11 is 5.69. The van der Waals surface area contributed by atoms with Gasteiger partial charge in [0.05, 0.1) is 6.20 Å². The van der Waals surface area contributed by atoms with E-state index in [1.807, 2.05) is 30.3 Å². The van der Waals surface area contributed by atoms with Crippen LogP contribution in [0.1, 0.15) is 0 Å². The second-order valence-corrected chi connectivity index (χ2v) is 2.85. The van der Waals surface area contributed by atoms with Gasteiger partial charge < -0.3 is 4.98 Å². The summed E-state index contributed by atoms with van der Waals surface area (Å²) < 4.78 is 0. The molecular formula is C9H7ClN2. The van der Waals surface area contributed by atoms with Crippen LogP contribution in [0.2, 0.25) is 5.15 Å². The zero-order chi connectivity index (χ0) is 8.39. The van der Waals surface area contributed by atoms with E-state index in [1.165, 1.54) is 0 Å². The molecule has 3 heteroatoms. The van der Waals surface area contributed by atoms with Crippen LogP contribution >= 0.6 is 11.6 Å². The van der Waals surface area contributed by atoms with Gasteiger partial charge in [0.25, 0.3) is 0 Å². The quantitative estimate of drug-likeness (QED) is 0.715. The molecule has 0 amide bonds. The molecule has 0 radical (unpaired) electrons. The zero-order valence-corrected chi connectivity index (χ0v) is 7.05. The van der Waals surface area contributed by atoms with Gasteiger partial charge in [0, 0.05) is 5.56 Å². The Kier molecular flexibility index (Phi) is 1.84. The Balaban J connectivity index is 2.45. The fraction of sp³-hybridized carbons (Fsp3) is 0. The average molecular weight is 179 g/mol. The van der Waals surface area contributed by atoms with E-state index in [-0.39, 0.29) is 0 Å². The molecule has 60 valence electrons. The Morgan fingerprint density at radius 1 is 1.17 bits per heavy atom. The first-order chi connectivity index (χ1) is 5.86. The Hall–Kier alpha value is -1.28. The van der Waals surface area contributed by atoms with E-state index in [1.54, 1.807) is 6.20 Å². The summed E-state index contributed by atoms with van der Waals surface area (Å²) in [7, 11) is 0. The molecule has 2 aromatic rings. The van der Waals surface area contributed by atoms with Crippen molar-refractivity contribution in [2.45, 2.75) is 0 Å². The molecule has 0 aliphatic heterocycles. The fourth-order valence-corrected chi connectivity index (χ4v) is 1.18. The molecule has 1 aromatic heterocycles. The third-order valence-electron chi connectivity index (χ3n) is 1.59. The Bertz CT molecular complexity index is 367. The molecule has 0 saturated carbocycles. The molecule has 0 fully saturated rings. The number of nitrogens with zero attached hydrogens (tertiary/aromatic N) is 1. The summed E-state index contributed by atoms with van der Waals surface area (Å²) in [5, 5.41) is 0.564. The summed E-state index contributed by atoms with van der Waals surface area (Å²) in [6, 6.07) is 9.86. The summed E-state index contributed by atoms with van der Waals surface area (Å²) in [4.78, 5) is 7.05. The third kappa shape index (κ3) is 1.34. The molecule has 0 spiro atoms. The van der Waals surface area contributed by atoms with E-state index in [2.05, 4.69) is 9.97 Å². The topological polar surface area (TPSA) is 28.7 Å². The largest absolute Gasteiger partial charge is 0.329 e. The number of H-pyrrole nitrogens is 1. The third-order valence-corrected chi connectivity index (χ3v) is 1.78. The standard InChI is InChI=1S/C9H7ClN2/c10-8-6-11-9(12-8)7-4-2-1-3-5-7/h1-6H,(H,11,12). The van der Waals surface area contributed by atoms with Crippen LogP contribution in [-0.4, -0.2) is 9.97 Å². The molecule has 0 saturated heterocycles. The lowest BCUT2D eigenvalue weighted by Gasteiger charge is -1.93. The minimum atomic E-state index is 0.564. The number of hydrogen-bond donors (Lipinski definition) is 1. The molecular weight excluding hydrogens is 172 g/mol. The summed E-state index contributed by atoms with van der Waals surface area (Å²) in [6.07, 6.45) is 1.60. The van der Waals surface area contributed by atoms with Crippen LogP contribution in [0.4, 0.5) is 0 Å². The van der Waals surface area contributed by atoms with Crippen molar-refractivity contribution in [3.05, 3.63) is 41.7 Å². The molecule has 0 aliphatic carbocycles. The summed E-state index contributed by atoms with van der Waals surface area (Å²) in [5.41, 5.74) is 1.05. The Labute approximate surface area is 75.2 Å². The van der Waals surface area contributed by atoms with Gasteiger partial charge >= 0.3 is 0 Å². The van der Waals surface area contributed by atoms with E-state index >= 15 is 0 Å². The maximum absolute atomic E-state index is 5.69. The first-order valence-electron chi connectivity index (χ1n) is 3.62. The average Bonchev–Trinajstić information content (AvgIpc) is 2.54. The summed E-state index contributed by atoms with van der Waals surface area (Å²) in [6.45, 7) is 0. The predicted octanol–water partition coefficient (Wildman–Crippen LogP) is 2.73. The number of halogens is 1. The first kappa shape index (κ1) is 7.37. The van der Waals surface area contributed by atoms with E-state index in [9.17, 15) is 0 Å². The van der Waals surface area contributed by atoms with Crippen molar-refractivity contribution in [1.29, 1.82) is 0 Å². The van der Waals surface area contributed by atoms with Gasteiger partial charge in [-0.1, -0.05) is 41.9 Å². The fourth-order valence-electron chi connectivity index (χ4n) is 1.04. The van der Waals surface area contributed by atoms with Crippen LogP contribution in [0, 0.1) is 0 Å². The van der Waals surface area contributed by atoms with Crippen LogP contribution in [0.25, 0.3) is 11.4 Å². The van der Waals surface area contributed by atoms with Crippen molar-refractivity contribution in [2.75, 3.05) is 0 Å². The van der Waals surface area contributed by atoms with Gasteiger partial charge in [0.15, 0.2) is 0 Å². The lowest BCUT2D eigenvalue weighted by Crippen LogP contribution is -1.77. The highest BCUT2D eigenvalue weighted by molar-refractivity contribution is 6.29. The second kappa shape index (κ2) is 2.99. The maximum Gasteiger partial charge on any atom is 0.138 e. The first-order valence-corrected chi connectivity index (χ1v) is 4.00. The van der Waals surface area contributed by atoms with Crippen molar-refractivity contribution in [2.24, 2.45) is 0 Å². The summed E-state index contributed by atoms with van der Waals surface area (Å²) in [5.74, 6) is 0.806. The number of imidazole rings is 1. The van der Waals surface area contributed by atoms with E-state index < -0.39 is 0 Å². The molecule has 2 rings (SSSR count). The van der Waals surface area contributed by atoms with Gasteiger partial charge in [0.2, 0.25) is 0 Å². The normalized spacial score (nSPS) is 10.1. The number of hydrogen-bond acceptors (Lipinski definition) is 1. The minimum Gasteiger partial charge on any atom is -0.329 e. The van der Waals surface area contributed by atoms with Crippen molar-refractivity contribution in [3.8, 4) is 11.4 Å². The highest BCUT2D eigenvalue weighted by atomic mass is 35.5. The van der Waals surface area contributed by atoms with E-state index in [4.69, 9.17) is 11.6 Å². The van der Waals surface area contributed by atoms with Crippen LogP contribution in [0.3, 0.4) is 0 Å². The number of benzene rings is 1. The Morgan fingerprint density at radius 2 is 1.92 bits per heavy atom. The molecule has 1 N–H and O–H groups in total. The molecule has 1 aromatic carbocycles. The highest BCUT2D eigenvalue weighted by Gasteiger charge is 1.99. The molecule has 0 atom stereocenters. The van der Waals surface area contributed by atoms with Gasteiger partial charge in [-0.15, -0.1) is 0 Å². The number of aromatic amines is 1. The number of aromatic nitrogens is 2. The predicted molar refractivity (Wildman–Crippen MR) is 49.0 cm³/mol. The van der Waals surface area contributed by atoms with Gasteiger partial charge in [-0.25, -0.2) is 4.98 Å². The monoisotopic (exact) mass is 178 g/mol. The lowest BCUT2D eigenvalue weighted by atomic mass is 10.2. The second-order valence-electron chi connectivity index (χ2n) is 2.45. The van der Waals surface area contributed by atoms with Crippen molar-refractivity contribution in [1.82, 2.24) is 9.97 Å². The maximum atomic E-state index is 5.69. The zero-order valence-electron chi connectivity index (χ0n) is 6.29.